The molecule has 8 heteroatoms. The summed E-state index contributed by atoms with van der Waals surface area (Å²) >= 11 is 1.40. The number of ketones is 1. The number of imidazole rings is 1. The van der Waals surface area contributed by atoms with Crippen molar-refractivity contribution in [2.45, 2.75) is 6.92 Å². The van der Waals surface area contributed by atoms with Crippen molar-refractivity contribution in [3.63, 3.8) is 0 Å². The fourth-order valence-corrected chi connectivity index (χ4v) is 3.95. The lowest BCUT2D eigenvalue weighted by Gasteiger charge is -2.05. The number of amides is 1. The molecule has 1 aromatic carbocycles. The summed E-state index contributed by atoms with van der Waals surface area (Å²) in [6.07, 6.45) is 3.31. The van der Waals surface area contributed by atoms with Crippen LogP contribution < -0.4 is 5.32 Å². The van der Waals surface area contributed by atoms with Gasteiger partial charge in [0.25, 0.3) is 5.91 Å². The van der Waals surface area contributed by atoms with Gasteiger partial charge in [0, 0.05) is 43.1 Å². The van der Waals surface area contributed by atoms with Gasteiger partial charge < -0.3 is 9.88 Å². The molecule has 0 unspecified atom stereocenters. The van der Waals surface area contributed by atoms with Crippen molar-refractivity contribution >= 4 is 38.9 Å². The van der Waals surface area contributed by atoms with E-state index < -0.39 is 0 Å². The summed E-state index contributed by atoms with van der Waals surface area (Å²) in [5.74, 6) is 0.0349. The number of nitrogens with one attached hydrogen (secondary N) is 1. The first-order valence-electron chi connectivity index (χ1n) is 8.30. The zero-order chi connectivity index (χ0) is 19.1. The normalized spacial score (nSPS) is 11.1. The lowest BCUT2D eigenvalue weighted by molar-refractivity contribution is 0.102. The number of hydrogen-bond donors (Lipinski definition) is 1. The summed E-state index contributed by atoms with van der Waals surface area (Å²) in [4.78, 5) is 30.6. The SMILES string of the molecule is Cc1nn(C)c2sc(C(=O)Nc3ccc(C(=O)c4nccn4C)cc3)cc12. The monoisotopic (exact) mass is 379 g/mol. The Bertz CT molecular complexity index is 1130. The zero-order valence-electron chi connectivity index (χ0n) is 15.1. The Morgan fingerprint density at radius 3 is 2.52 bits per heavy atom. The Morgan fingerprint density at radius 2 is 1.89 bits per heavy atom. The molecule has 0 saturated heterocycles. The van der Waals surface area contributed by atoms with Crippen LogP contribution in [0.2, 0.25) is 0 Å². The Morgan fingerprint density at radius 1 is 1.15 bits per heavy atom. The second kappa shape index (κ2) is 6.48. The summed E-state index contributed by atoms with van der Waals surface area (Å²) in [5.41, 5.74) is 2.05. The molecule has 0 spiro atoms. The number of nitrogens with zero attached hydrogens (tertiary/aromatic N) is 4. The highest BCUT2D eigenvalue weighted by Gasteiger charge is 2.16. The molecular weight excluding hydrogens is 362 g/mol. The standard InChI is InChI=1S/C19H17N5O2S/c1-11-14-10-15(27-19(14)24(3)22-11)18(26)21-13-6-4-12(5-7-13)16(25)17-20-8-9-23(17)2/h4-10H,1-3H3,(H,21,26). The number of rotatable bonds is 4. The first-order valence-corrected chi connectivity index (χ1v) is 9.12. The Labute approximate surface area is 159 Å². The van der Waals surface area contributed by atoms with Crippen molar-refractivity contribution in [3.05, 3.63) is 64.7 Å². The van der Waals surface area contributed by atoms with Crippen LogP contribution in [0.25, 0.3) is 10.2 Å². The molecule has 0 aliphatic heterocycles. The first-order chi connectivity index (χ1) is 12.9. The van der Waals surface area contributed by atoms with E-state index in [4.69, 9.17) is 0 Å². The average Bonchev–Trinajstić information content (AvgIpc) is 3.33. The molecule has 4 rings (SSSR count). The number of fused-ring (bicyclic) bond motifs is 1. The maximum absolute atomic E-state index is 12.5. The Hall–Kier alpha value is -3.26. The van der Waals surface area contributed by atoms with Crippen molar-refractivity contribution in [2.24, 2.45) is 14.1 Å². The second-order valence-electron chi connectivity index (χ2n) is 6.26. The number of aromatic nitrogens is 4. The predicted octanol–water partition coefficient (Wildman–Crippen LogP) is 3.16. The highest BCUT2D eigenvalue weighted by molar-refractivity contribution is 7.20. The van der Waals surface area contributed by atoms with E-state index in [1.54, 1.807) is 53.0 Å². The summed E-state index contributed by atoms with van der Waals surface area (Å²) < 4.78 is 3.46. The van der Waals surface area contributed by atoms with E-state index in [0.717, 1.165) is 15.9 Å². The third-order valence-corrected chi connectivity index (χ3v) is 5.55. The molecule has 1 N–H and O–H groups in total. The zero-order valence-corrected chi connectivity index (χ0v) is 15.9. The number of anilines is 1. The molecule has 3 heterocycles. The van der Waals surface area contributed by atoms with E-state index in [1.807, 2.05) is 20.0 Å². The predicted molar refractivity (Wildman–Crippen MR) is 104 cm³/mol. The molecule has 0 atom stereocenters. The van der Waals surface area contributed by atoms with Crippen LogP contribution in [0.1, 0.15) is 31.5 Å². The minimum absolute atomic E-state index is 0.159. The molecule has 4 aromatic rings. The van der Waals surface area contributed by atoms with Gasteiger partial charge in [0.2, 0.25) is 5.78 Å². The minimum atomic E-state index is -0.182. The van der Waals surface area contributed by atoms with Crippen LogP contribution >= 0.6 is 11.3 Å². The molecule has 0 fully saturated rings. The van der Waals surface area contributed by atoms with Gasteiger partial charge in [-0.25, -0.2) is 4.98 Å². The van der Waals surface area contributed by atoms with Gasteiger partial charge in [-0.1, -0.05) is 0 Å². The molecule has 27 heavy (non-hydrogen) atoms. The van der Waals surface area contributed by atoms with Crippen molar-refractivity contribution in [1.82, 2.24) is 19.3 Å². The van der Waals surface area contributed by atoms with Crippen molar-refractivity contribution in [2.75, 3.05) is 5.32 Å². The van der Waals surface area contributed by atoms with Crippen LogP contribution in [0.15, 0.2) is 42.7 Å². The van der Waals surface area contributed by atoms with E-state index in [9.17, 15) is 9.59 Å². The van der Waals surface area contributed by atoms with Gasteiger partial charge in [-0.05, 0) is 37.3 Å². The van der Waals surface area contributed by atoms with Crippen molar-refractivity contribution in [1.29, 1.82) is 0 Å². The van der Waals surface area contributed by atoms with Crippen molar-refractivity contribution < 1.29 is 9.59 Å². The number of hydrogen-bond acceptors (Lipinski definition) is 5. The summed E-state index contributed by atoms with van der Waals surface area (Å²) in [6.45, 7) is 1.92. The van der Waals surface area contributed by atoms with Gasteiger partial charge in [0.15, 0.2) is 5.82 Å². The molecule has 0 aliphatic carbocycles. The largest absolute Gasteiger partial charge is 0.331 e. The van der Waals surface area contributed by atoms with Crippen LogP contribution in [0.4, 0.5) is 5.69 Å². The molecule has 3 aromatic heterocycles. The van der Waals surface area contributed by atoms with Crippen LogP contribution in [-0.4, -0.2) is 31.0 Å². The molecule has 0 radical (unpaired) electrons. The number of carbonyl (C=O) groups is 2. The van der Waals surface area contributed by atoms with Crippen LogP contribution in [-0.2, 0) is 14.1 Å². The summed E-state index contributed by atoms with van der Waals surface area (Å²) in [5, 5.41) is 8.20. The lowest BCUT2D eigenvalue weighted by atomic mass is 10.1. The van der Waals surface area contributed by atoms with Crippen LogP contribution in [0.5, 0.6) is 0 Å². The molecular formula is C19H17N5O2S. The van der Waals surface area contributed by atoms with Gasteiger partial charge in [-0.2, -0.15) is 5.10 Å². The maximum atomic E-state index is 12.5. The molecule has 0 bridgehead atoms. The van der Waals surface area contributed by atoms with Gasteiger partial charge in [-0.15, -0.1) is 11.3 Å². The number of thiophene rings is 1. The number of aryl methyl sites for hydroxylation is 3. The fraction of sp³-hybridized carbons (Fsp3) is 0.158. The average molecular weight is 379 g/mol. The molecule has 0 aliphatic rings. The number of benzene rings is 1. The van der Waals surface area contributed by atoms with Crippen LogP contribution in [0, 0.1) is 6.92 Å². The van der Waals surface area contributed by atoms with Gasteiger partial charge in [0.05, 0.1) is 10.6 Å². The summed E-state index contributed by atoms with van der Waals surface area (Å²) in [6, 6.07) is 8.66. The molecule has 0 saturated carbocycles. The van der Waals surface area contributed by atoms with E-state index in [0.29, 0.717) is 22.0 Å². The van der Waals surface area contributed by atoms with E-state index in [1.165, 1.54) is 11.3 Å². The fourth-order valence-electron chi connectivity index (χ4n) is 2.93. The smallest absolute Gasteiger partial charge is 0.265 e. The maximum Gasteiger partial charge on any atom is 0.265 e. The van der Waals surface area contributed by atoms with Gasteiger partial charge in [0.1, 0.15) is 4.83 Å². The molecule has 1 amide bonds. The van der Waals surface area contributed by atoms with Crippen molar-refractivity contribution in [3.8, 4) is 0 Å². The minimum Gasteiger partial charge on any atom is -0.331 e. The molecule has 136 valence electrons. The third kappa shape index (κ3) is 3.04. The number of carbonyl (C=O) groups excluding carboxylic acids is 2. The van der Waals surface area contributed by atoms with E-state index in [-0.39, 0.29) is 11.7 Å². The van der Waals surface area contributed by atoms with Gasteiger partial charge in [-0.3, -0.25) is 14.3 Å². The topological polar surface area (TPSA) is 81.8 Å². The van der Waals surface area contributed by atoms with E-state index in [2.05, 4.69) is 15.4 Å². The highest BCUT2D eigenvalue weighted by Crippen LogP contribution is 2.28. The summed E-state index contributed by atoms with van der Waals surface area (Å²) in [7, 11) is 3.64. The van der Waals surface area contributed by atoms with E-state index >= 15 is 0 Å². The molecule has 7 nitrogen and oxygen atoms in total. The Kier molecular flexibility index (Phi) is 4.12. The highest BCUT2D eigenvalue weighted by atomic mass is 32.1. The first kappa shape index (κ1) is 17.2. The Balaban J connectivity index is 1.52. The second-order valence-corrected chi connectivity index (χ2v) is 7.29. The van der Waals surface area contributed by atoms with Gasteiger partial charge >= 0.3 is 0 Å². The lowest BCUT2D eigenvalue weighted by Crippen LogP contribution is -2.11. The third-order valence-electron chi connectivity index (χ3n) is 4.35. The quantitative estimate of drug-likeness (QED) is 0.552. The van der Waals surface area contributed by atoms with Crippen LogP contribution in [0.3, 0.4) is 0 Å².